The minimum absolute atomic E-state index is 0.0437. The quantitative estimate of drug-likeness (QED) is 0.771. The number of hydrogen-bond donors (Lipinski definition) is 3. The van der Waals surface area contributed by atoms with Crippen molar-refractivity contribution in [1.82, 2.24) is 9.97 Å². The highest BCUT2D eigenvalue weighted by Crippen LogP contribution is 2.24. The van der Waals surface area contributed by atoms with Gasteiger partial charge in [0.1, 0.15) is 11.5 Å². The predicted molar refractivity (Wildman–Crippen MR) is 71.6 cm³/mol. The second-order valence-corrected chi connectivity index (χ2v) is 3.90. The molecule has 21 heavy (non-hydrogen) atoms. The highest BCUT2D eigenvalue weighted by atomic mass is 16.5. The number of hydrogen-bond acceptors (Lipinski definition) is 6. The van der Waals surface area contributed by atoms with Crippen LogP contribution < -0.4 is 10.1 Å². The van der Waals surface area contributed by atoms with Gasteiger partial charge in [0.2, 0.25) is 0 Å². The number of aromatic nitrogens is 2. The Morgan fingerprint density at radius 1 is 1.24 bits per heavy atom. The molecule has 3 N–H and O–H groups in total. The molecule has 1 heterocycles. The molecule has 0 bridgehead atoms. The normalized spacial score (nSPS) is 9.95. The van der Waals surface area contributed by atoms with Crippen LogP contribution in [-0.4, -0.2) is 39.2 Å². The average molecular weight is 289 g/mol. The van der Waals surface area contributed by atoms with E-state index in [0.29, 0.717) is 5.75 Å². The Labute approximate surface area is 119 Å². The Bertz CT molecular complexity index is 702. The molecule has 0 spiro atoms. The molecule has 8 heteroatoms. The Morgan fingerprint density at radius 3 is 2.57 bits per heavy atom. The SMILES string of the molecule is COc1ccc(C(=O)Nc2nccnc2C(=O)O)c(O)c1. The Morgan fingerprint density at radius 2 is 1.95 bits per heavy atom. The number of aromatic hydroxyl groups is 1. The van der Waals surface area contributed by atoms with E-state index in [0.717, 1.165) is 0 Å². The first-order valence-electron chi connectivity index (χ1n) is 5.75. The van der Waals surface area contributed by atoms with Crippen molar-refractivity contribution in [3.8, 4) is 11.5 Å². The van der Waals surface area contributed by atoms with E-state index >= 15 is 0 Å². The number of carboxylic acids is 1. The Kier molecular flexibility index (Phi) is 3.98. The molecule has 0 atom stereocenters. The standard InChI is InChI=1S/C13H11N3O5/c1-21-7-2-3-8(9(17)6-7)12(18)16-11-10(13(19)20)14-4-5-15-11/h2-6,17H,1H3,(H,19,20)(H,15,16,18). The van der Waals surface area contributed by atoms with Gasteiger partial charge in [-0.25, -0.2) is 14.8 Å². The van der Waals surface area contributed by atoms with Crippen LogP contribution in [0.2, 0.25) is 0 Å². The van der Waals surface area contributed by atoms with Gasteiger partial charge in [-0.3, -0.25) is 4.79 Å². The van der Waals surface area contributed by atoms with Crippen molar-refractivity contribution >= 4 is 17.7 Å². The smallest absolute Gasteiger partial charge is 0.358 e. The van der Waals surface area contributed by atoms with Crippen molar-refractivity contribution in [3.63, 3.8) is 0 Å². The molecule has 0 unspecified atom stereocenters. The second-order valence-electron chi connectivity index (χ2n) is 3.90. The van der Waals surface area contributed by atoms with Crippen molar-refractivity contribution < 1.29 is 24.5 Å². The number of methoxy groups -OCH3 is 1. The van der Waals surface area contributed by atoms with Crippen LogP contribution in [0.25, 0.3) is 0 Å². The maximum atomic E-state index is 12.0. The first-order chi connectivity index (χ1) is 10.0. The fourth-order valence-corrected chi connectivity index (χ4v) is 1.59. The van der Waals surface area contributed by atoms with Gasteiger partial charge in [-0.2, -0.15) is 0 Å². The predicted octanol–water partition coefficient (Wildman–Crippen LogP) is 1.14. The summed E-state index contributed by atoms with van der Waals surface area (Å²) in [5, 5.41) is 21.0. The molecule has 1 aromatic carbocycles. The number of carbonyl (C=O) groups is 2. The summed E-state index contributed by atoms with van der Waals surface area (Å²) in [4.78, 5) is 30.4. The number of benzene rings is 1. The Balaban J connectivity index is 2.28. The number of ether oxygens (including phenoxy) is 1. The number of carbonyl (C=O) groups excluding carboxylic acids is 1. The van der Waals surface area contributed by atoms with Crippen LogP contribution in [0.4, 0.5) is 5.82 Å². The lowest BCUT2D eigenvalue weighted by molar-refractivity contribution is 0.0691. The van der Waals surface area contributed by atoms with Crippen LogP contribution in [-0.2, 0) is 0 Å². The molecular weight excluding hydrogens is 278 g/mol. The second kappa shape index (κ2) is 5.87. The molecule has 1 aromatic heterocycles. The van der Waals surface area contributed by atoms with E-state index in [1.807, 2.05) is 0 Å². The number of anilines is 1. The zero-order chi connectivity index (χ0) is 15.4. The van der Waals surface area contributed by atoms with Gasteiger partial charge in [-0.1, -0.05) is 0 Å². The molecule has 8 nitrogen and oxygen atoms in total. The molecule has 0 radical (unpaired) electrons. The fraction of sp³-hybridized carbons (Fsp3) is 0.0769. The number of rotatable bonds is 4. The Hall–Kier alpha value is -3.16. The zero-order valence-corrected chi connectivity index (χ0v) is 10.9. The van der Waals surface area contributed by atoms with Crippen molar-refractivity contribution in [3.05, 3.63) is 41.9 Å². The highest BCUT2D eigenvalue weighted by Gasteiger charge is 2.18. The lowest BCUT2D eigenvalue weighted by atomic mass is 10.1. The van der Waals surface area contributed by atoms with Crippen LogP contribution in [0.3, 0.4) is 0 Å². The molecule has 108 valence electrons. The number of phenols is 1. The summed E-state index contributed by atoms with van der Waals surface area (Å²) in [5.41, 5.74) is -0.434. The summed E-state index contributed by atoms with van der Waals surface area (Å²) in [7, 11) is 1.42. The maximum absolute atomic E-state index is 12.0. The van der Waals surface area contributed by atoms with Crippen molar-refractivity contribution in [2.75, 3.05) is 12.4 Å². The van der Waals surface area contributed by atoms with Gasteiger partial charge >= 0.3 is 5.97 Å². The van der Waals surface area contributed by atoms with Gasteiger partial charge in [0.25, 0.3) is 5.91 Å². The zero-order valence-electron chi connectivity index (χ0n) is 10.9. The van der Waals surface area contributed by atoms with E-state index in [-0.39, 0.29) is 22.8 Å². The summed E-state index contributed by atoms with van der Waals surface area (Å²) in [6.07, 6.45) is 2.44. The summed E-state index contributed by atoms with van der Waals surface area (Å²) in [6.45, 7) is 0. The van der Waals surface area contributed by atoms with Gasteiger partial charge in [0, 0.05) is 18.5 Å². The van der Waals surface area contributed by atoms with Crippen molar-refractivity contribution in [1.29, 1.82) is 0 Å². The highest BCUT2D eigenvalue weighted by molar-refractivity contribution is 6.07. The number of amides is 1. The maximum Gasteiger partial charge on any atom is 0.358 e. The van der Waals surface area contributed by atoms with E-state index in [9.17, 15) is 14.7 Å². The molecule has 0 aliphatic rings. The summed E-state index contributed by atoms with van der Waals surface area (Å²) < 4.78 is 4.91. The van der Waals surface area contributed by atoms with Crippen LogP contribution in [0, 0.1) is 0 Å². The molecule has 2 aromatic rings. The first kappa shape index (κ1) is 14.3. The topological polar surface area (TPSA) is 122 Å². The van der Waals surface area contributed by atoms with Gasteiger partial charge in [-0.15, -0.1) is 0 Å². The average Bonchev–Trinajstić information content (AvgIpc) is 2.47. The van der Waals surface area contributed by atoms with Gasteiger partial charge in [0.15, 0.2) is 11.5 Å². The van der Waals surface area contributed by atoms with E-state index in [2.05, 4.69) is 15.3 Å². The minimum Gasteiger partial charge on any atom is -0.507 e. The fourth-order valence-electron chi connectivity index (χ4n) is 1.59. The first-order valence-corrected chi connectivity index (χ1v) is 5.75. The minimum atomic E-state index is -1.32. The molecule has 0 saturated heterocycles. The third-order valence-electron chi connectivity index (χ3n) is 2.58. The molecule has 2 rings (SSSR count). The van der Waals surface area contributed by atoms with Gasteiger partial charge in [-0.05, 0) is 12.1 Å². The molecule has 1 amide bonds. The van der Waals surface area contributed by atoms with Crippen LogP contribution >= 0.6 is 0 Å². The van der Waals surface area contributed by atoms with Gasteiger partial charge < -0.3 is 20.3 Å². The van der Waals surface area contributed by atoms with E-state index in [1.54, 1.807) is 0 Å². The van der Waals surface area contributed by atoms with Crippen LogP contribution in [0.5, 0.6) is 11.5 Å². The van der Waals surface area contributed by atoms with E-state index in [1.165, 1.54) is 37.7 Å². The number of nitrogens with one attached hydrogen (secondary N) is 1. The van der Waals surface area contributed by atoms with E-state index in [4.69, 9.17) is 9.84 Å². The third-order valence-corrected chi connectivity index (χ3v) is 2.58. The van der Waals surface area contributed by atoms with Crippen molar-refractivity contribution in [2.45, 2.75) is 0 Å². The monoisotopic (exact) mass is 289 g/mol. The molecule has 0 aliphatic carbocycles. The van der Waals surface area contributed by atoms with Crippen molar-refractivity contribution in [2.24, 2.45) is 0 Å². The molecule has 0 aliphatic heterocycles. The summed E-state index contributed by atoms with van der Waals surface area (Å²) >= 11 is 0. The number of phenolic OH excluding ortho intramolecular Hbond substituents is 1. The number of aromatic carboxylic acids is 1. The largest absolute Gasteiger partial charge is 0.507 e. The van der Waals surface area contributed by atoms with E-state index < -0.39 is 11.9 Å². The lowest BCUT2D eigenvalue weighted by Crippen LogP contribution is -2.17. The molecule has 0 saturated carbocycles. The molecular formula is C13H11N3O5. The van der Waals surface area contributed by atoms with Crippen LogP contribution in [0.15, 0.2) is 30.6 Å². The number of nitrogens with zero attached hydrogens (tertiary/aromatic N) is 2. The third kappa shape index (κ3) is 3.06. The van der Waals surface area contributed by atoms with Crippen LogP contribution in [0.1, 0.15) is 20.8 Å². The number of carboxylic acid groups (broad SMARTS) is 1. The summed E-state index contributed by atoms with van der Waals surface area (Å²) in [5.74, 6) is -2.15. The van der Waals surface area contributed by atoms with Gasteiger partial charge in [0.05, 0.1) is 12.7 Å². The lowest BCUT2D eigenvalue weighted by Gasteiger charge is -2.08. The summed E-state index contributed by atoms with van der Waals surface area (Å²) in [6, 6.07) is 4.10. The molecule has 0 fully saturated rings.